The molecule has 1 N–H and O–H groups in total. The van der Waals surface area contributed by atoms with E-state index in [4.69, 9.17) is 0 Å². The van der Waals surface area contributed by atoms with E-state index < -0.39 is 5.41 Å². The van der Waals surface area contributed by atoms with Crippen LogP contribution < -0.4 is 5.32 Å². The summed E-state index contributed by atoms with van der Waals surface area (Å²) in [7, 11) is 0. The number of hydrogen-bond donors (Lipinski definition) is 1. The molecule has 0 aliphatic heterocycles. The lowest BCUT2D eigenvalue weighted by molar-refractivity contribution is -0.128. The maximum Gasteiger partial charge on any atom is 0.241 e. The van der Waals surface area contributed by atoms with Crippen LogP contribution >= 0.6 is 11.3 Å². The topological polar surface area (TPSA) is 78.7 Å². The van der Waals surface area contributed by atoms with E-state index in [1.807, 2.05) is 24.4 Å². The predicted molar refractivity (Wildman–Crippen MR) is 88.4 cm³/mol. The van der Waals surface area contributed by atoms with Crippen molar-refractivity contribution in [3.63, 3.8) is 0 Å². The van der Waals surface area contributed by atoms with Gasteiger partial charge in [-0.1, -0.05) is 12.8 Å². The van der Waals surface area contributed by atoms with Gasteiger partial charge in [0.2, 0.25) is 5.91 Å². The third-order valence-electron chi connectivity index (χ3n) is 4.30. The normalized spacial score (nSPS) is 17.4. The summed E-state index contributed by atoms with van der Waals surface area (Å²) in [6.45, 7) is 1.91. The average molecular weight is 326 g/mol. The van der Waals surface area contributed by atoms with Gasteiger partial charge >= 0.3 is 0 Å². The van der Waals surface area contributed by atoms with Gasteiger partial charge in [-0.05, 0) is 31.9 Å². The fourth-order valence-electron chi connectivity index (χ4n) is 2.90. The van der Waals surface area contributed by atoms with Crippen LogP contribution in [0.5, 0.6) is 0 Å². The zero-order valence-corrected chi connectivity index (χ0v) is 13.8. The number of nitrogens with one attached hydrogen (secondary N) is 1. The first kappa shape index (κ1) is 15.6. The minimum absolute atomic E-state index is 0.164. The van der Waals surface area contributed by atoms with Crippen LogP contribution in [0.25, 0.3) is 11.3 Å². The van der Waals surface area contributed by atoms with Gasteiger partial charge in [0.25, 0.3) is 0 Å². The third-order valence-corrected chi connectivity index (χ3v) is 5.33. The Morgan fingerprint density at radius 2 is 2.26 bits per heavy atom. The van der Waals surface area contributed by atoms with E-state index in [9.17, 15) is 10.1 Å². The molecule has 2 heterocycles. The quantitative estimate of drug-likeness (QED) is 0.933. The van der Waals surface area contributed by atoms with E-state index >= 15 is 0 Å². The summed E-state index contributed by atoms with van der Waals surface area (Å²) >= 11 is 1.51. The Hall–Kier alpha value is -2.26. The van der Waals surface area contributed by atoms with Gasteiger partial charge in [-0.2, -0.15) is 5.26 Å². The van der Waals surface area contributed by atoms with Crippen molar-refractivity contribution in [2.24, 2.45) is 5.41 Å². The van der Waals surface area contributed by atoms with Crippen LogP contribution in [0.2, 0.25) is 0 Å². The second-order valence-corrected chi connectivity index (χ2v) is 6.80. The van der Waals surface area contributed by atoms with Gasteiger partial charge in [0.15, 0.2) is 0 Å². The van der Waals surface area contributed by atoms with Gasteiger partial charge < -0.3 is 5.32 Å². The number of pyridine rings is 1. The lowest BCUT2D eigenvalue weighted by Crippen LogP contribution is -2.39. The lowest BCUT2D eigenvalue weighted by Gasteiger charge is -2.21. The number of hydrogen-bond acceptors (Lipinski definition) is 5. The standard InChI is InChI=1S/C17H18N4OS/c1-12(20-16(22)17(11-18)6-2-3-7-17)15-21-14(10-23-15)13-5-4-8-19-9-13/h4-5,8-10,12H,2-3,6-7H2,1H3,(H,20,22)/t12-/m1/s1. The Morgan fingerprint density at radius 1 is 1.48 bits per heavy atom. The lowest BCUT2D eigenvalue weighted by atomic mass is 9.87. The molecular weight excluding hydrogens is 308 g/mol. The van der Waals surface area contributed by atoms with Crippen LogP contribution in [-0.4, -0.2) is 15.9 Å². The van der Waals surface area contributed by atoms with Crippen LogP contribution in [0, 0.1) is 16.7 Å². The second-order valence-electron chi connectivity index (χ2n) is 5.91. The second kappa shape index (κ2) is 6.47. The highest BCUT2D eigenvalue weighted by molar-refractivity contribution is 7.10. The number of carbonyl (C=O) groups excluding carboxylic acids is 1. The molecule has 3 rings (SSSR count). The zero-order chi connectivity index (χ0) is 16.3. The van der Waals surface area contributed by atoms with Crippen LogP contribution in [0.3, 0.4) is 0 Å². The molecule has 0 bridgehead atoms. The molecule has 1 aliphatic carbocycles. The molecule has 2 aromatic rings. The van der Waals surface area contributed by atoms with Crippen LogP contribution in [-0.2, 0) is 4.79 Å². The Bertz CT molecular complexity index is 729. The van der Waals surface area contributed by atoms with E-state index in [1.165, 1.54) is 11.3 Å². The SMILES string of the molecule is C[C@@H](NC(=O)C1(C#N)CCCC1)c1nc(-c2cccnc2)cs1. The summed E-state index contributed by atoms with van der Waals surface area (Å²) in [5.74, 6) is -0.164. The first-order valence-electron chi connectivity index (χ1n) is 7.73. The summed E-state index contributed by atoms with van der Waals surface area (Å²) in [5.41, 5.74) is 0.963. The van der Waals surface area contributed by atoms with Crippen molar-refractivity contribution in [2.75, 3.05) is 0 Å². The first-order valence-corrected chi connectivity index (χ1v) is 8.61. The fourth-order valence-corrected chi connectivity index (χ4v) is 3.73. The van der Waals surface area contributed by atoms with E-state index in [-0.39, 0.29) is 11.9 Å². The largest absolute Gasteiger partial charge is 0.346 e. The molecule has 1 saturated carbocycles. The maximum atomic E-state index is 12.5. The monoisotopic (exact) mass is 326 g/mol. The van der Waals surface area contributed by atoms with Gasteiger partial charge in [-0.25, -0.2) is 4.98 Å². The molecule has 0 unspecified atom stereocenters. The molecule has 1 fully saturated rings. The maximum absolute atomic E-state index is 12.5. The highest BCUT2D eigenvalue weighted by atomic mass is 32.1. The number of thiazole rings is 1. The van der Waals surface area contributed by atoms with E-state index in [2.05, 4.69) is 21.4 Å². The first-order chi connectivity index (χ1) is 11.1. The molecule has 1 aliphatic rings. The summed E-state index contributed by atoms with van der Waals surface area (Å²) in [5, 5.41) is 15.2. The Kier molecular flexibility index (Phi) is 4.39. The molecule has 1 amide bonds. The summed E-state index contributed by atoms with van der Waals surface area (Å²) < 4.78 is 0. The highest BCUT2D eigenvalue weighted by Crippen LogP contribution is 2.38. The van der Waals surface area contributed by atoms with E-state index in [0.29, 0.717) is 12.8 Å². The number of nitrogens with zero attached hydrogens (tertiary/aromatic N) is 3. The van der Waals surface area contributed by atoms with Crippen molar-refractivity contribution in [1.82, 2.24) is 15.3 Å². The molecule has 2 aromatic heterocycles. The minimum Gasteiger partial charge on any atom is -0.346 e. The highest BCUT2D eigenvalue weighted by Gasteiger charge is 2.42. The smallest absolute Gasteiger partial charge is 0.241 e. The third kappa shape index (κ3) is 3.10. The van der Waals surface area contributed by atoms with E-state index in [1.54, 1.807) is 12.4 Å². The van der Waals surface area contributed by atoms with Gasteiger partial charge in [0, 0.05) is 23.3 Å². The van der Waals surface area contributed by atoms with E-state index in [0.717, 1.165) is 29.1 Å². The predicted octanol–water partition coefficient (Wildman–Crippen LogP) is 3.47. The van der Waals surface area contributed by atoms with Crippen LogP contribution in [0.4, 0.5) is 0 Å². The van der Waals surface area contributed by atoms with Crippen molar-refractivity contribution in [3.05, 3.63) is 34.9 Å². The molecule has 6 heteroatoms. The van der Waals surface area contributed by atoms with Crippen LogP contribution in [0.1, 0.15) is 43.7 Å². The molecule has 118 valence electrons. The molecule has 5 nitrogen and oxygen atoms in total. The number of rotatable bonds is 4. The Labute approximate surface area is 139 Å². The van der Waals surface area contributed by atoms with Crippen molar-refractivity contribution < 1.29 is 4.79 Å². The van der Waals surface area contributed by atoms with Crippen molar-refractivity contribution in [1.29, 1.82) is 5.26 Å². The molecular formula is C17H18N4OS. The van der Waals surface area contributed by atoms with Gasteiger partial charge in [-0.3, -0.25) is 9.78 Å². The van der Waals surface area contributed by atoms with Gasteiger partial charge in [0.1, 0.15) is 10.4 Å². The summed E-state index contributed by atoms with van der Waals surface area (Å²) in [6, 6.07) is 5.85. The number of amides is 1. The number of aromatic nitrogens is 2. The molecule has 1 atom stereocenters. The van der Waals surface area contributed by atoms with Gasteiger partial charge in [0.05, 0.1) is 17.8 Å². The molecule has 0 spiro atoms. The summed E-state index contributed by atoms with van der Waals surface area (Å²) in [6.07, 6.45) is 6.69. The van der Waals surface area contributed by atoms with Crippen molar-refractivity contribution in [3.8, 4) is 17.3 Å². The van der Waals surface area contributed by atoms with Gasteiger partial charge in [-0.15, -0.1) is 11.3 Å². The molecule has 0 radical (unpaired) electrons. The number of nitriles is 1. The fraction of sp³-hybridized carbons (Fsp3) is 0.412. The minimum atomic E-state index is -0.850. The van der Waals surface area contributed by atoms with Crippen molar-refractivity contribution >= 4 is 17.2 Å². The summed E-state index contributed by atoms with van der Waals surface area (Å²) in [4.78, 5) is 21.2. The molecule has 23 heavy (non-hydrogen) atoms. The zero-order valence-electron chi connectivity index (χ0n) is 13.0. The number of carbonyl (C=O) groups is 1. The van der Waals surface area contributed by atoms with Crippen LogP contribution in [0.15, 0.2) is 29.9 Å². The Balaban J connectivity index is 1.72. The average Bonchev–Trinajstić information content (AvgIpc) is 3.26. The molecule has 0 saturated heterocycles. The molecule has 0 aromatic carbocycles. The van der Waals surface area contributed by atoms with Crippen molar-refractivity contribution in [2.45, 2.75) is 38.6 Å². The Morgan fingerprint density at radius 3 is 2.91 bits per heavy atom.